The van der Waals surface area contributed by atoms with Crippen LogP contribution in [0.1, 0.15) is 19.1 Å². The summed E-state index contributed by atoms with van der Waals surface area (Å²) < 4.78 is 12.4. The maximum atomic E-state index is 9.15. The summed E-state index contributed by atoms with van der Waals surface area (Å²) in [5.41, 5.74) is 6.87. The Hall–Kier alpha value is -1.16. The van der Waals surface area contributed by atoms with Crippen LogP contribution in [0.5, 0.6) is 0 Å². The van der Waals surface area contributed by atoms with Gasteiger partial charge < -0.3 is 24.8 Å². The Bertz CT molecular complexity index is 696. The average Bonchev–Trinajstić information content (AvgIpc) is 2.83. The Balaban J connectivity index is 1.74. The van der Waals surface area contributed by atoms with Gasteiger partial charge in [0, 0.05) is 0 Å². The SMILES string of the molecule is Nc1ncnc2c1ncn2[C@H]1CCC(OP(O)(O)=S)CO1. The van der Waals surface area contributed by atoms with Crippen molar-refractivity contribution in [1.82, 2.24) is 19.5 Å². The molecule has 4 N–H and O–H groups in total. The Morgan fingerprint density at radius 2 is 2.19 bits per heavy atom. The normalized spacial score (nSPS) is 23.5. The number of rotatable bonds is 3. The molecule has 0 spiro atoms. The first-order valence-corrected chi connectivity index (χ1v) is 8.85. The van der Waals surface area contributed by atoms with E-state index in [4.69, 9.17) is 24.8 Å². The van der Waals surface area contributed by atoms with E-state index >= 15 is 0 Å². The lowest BCUT2D eigenvalue weighted by Crippen LogP contribution is -2.29. The Kier molecular flexibility index (Phi) is 3.91. The zero-order valence-electron chi connectivity index (χ0n) is 10.9. The average molecular weight is 331 g/mol. The minimum absolute atomic E-state index is 0.213. The van der Waals surface area contributed by atoms with Gasteiger partial charge in [-0.15, -0.1) is 0 Å². The third-order valence-electron chi connectivity index (χ3n) is 3.19. The van der Waals surface area contributed by atoms with E-state index in [1.807, 2.05) is 0 Å². The van der Waals surface area contributed by atoms with Gasteiger partial charge in [0.05, 0.1) is 19.0 Å². The summed E-state index contributed by atoms with van der Waals surface area (Å²) in [6.07, 6.45) is 3.48. The van der Waals surface area contributed by atoms with Gasteiger partial charge in [0.1, 0.15) is 18.1 Å². The molecule has 0 amide bonds. The van der Waals surface area contributed by atoms with Crippen LogP contribution < -0.4 is 5.73 Å². The summed E-state index contributed by atoms with van der Waals surface area (Å²) in [5.74, 6) is 0.317. The number of nitrogens with two attached hydrogens (primary N) is 1. The van der Waals surface area contributed by atoms with E-state index in [-0.39, 0.29) is 12.8 Å². The molecule has 11 heteroatoms. The van der Waals surface area contributed by atoms with Crippen LogP contribution in [0.25, 0.3) is 11.2 Å². The van der Waals surface area contributed by atoms with Crippen molar-refractivity contribution in [3.05, 3.63) is 12.7 Å². The predicted molar refractivity (Wildman–Crippen MR) is 77.6 cm³/mol. The van der Waals surface area contributed by atoms with Crippen LogP contribution in [-0.4, -0.2) is 42.0 Å². The van der Waals surface area contributed by atoms with Gasteiger partial charge in [-0.1, -0.05) is 0 Å². The summed E-state index contributed by atoms with van der Waals surface area (Å²) in [6.45, 7) is -3.45. The zero-order chi connectivity index (χ0) is 15.0. The second-order valence-corrected chi connectivity index (χ2v) is 7.29. The number of nitrogens with zero attached hydrogens (tertiary/aromatic N) is 4. The second kappa shape index (κ2) is 5.56. The Morgan fingerprint density at radius 1 is 1.38 bits per heavy atom. The summed E-state index contributed by atoms with van der Waals surface area (Å²) in [7, 11) is 0. The van der Waals surface area contributed by atoms with Crippen LogP contribution in [0.15, 0.2) is 12.7 Å². The Morgan fingerprint density at radius 3 is 2.86 bits per heavy atom. The lowest BCUT2D eigenvalue weighted by atomic mass is 10.1. The maximum Gasteiger partial charge on any atom is 0.322 e. The van der Waals surface area contributed by atoms with Crippen LogP contribution in [0.3, 0.4) is 0 Å². The molecule has 2 atom stereocenters. The maximum absolute atomic E-state index is 9.15. The molecule has 0 radical (unpaired) electrons. The second-order valence-electron chi connectivity index (χ2n) is 4.67. The van der Waals surface area contributed by atoms with Gasteiger partial charge in [-0.05, 0) is 24.6 Å². The van der Waals surface area contributed by atoms with Gasteiger partial charge >= 0.3 is 6.72 Å². The zero-order valence-corrected chi connectivity index (χ0v) is 12.6. The molecule has 2 aromatic heterocycles. The van der Waals surface area contributed by atoms with Gasteiger partial charge in [-0.2, -0.15) is 0 Å². The molecule has 0 aromatic carbocycles. The molecule has 1 saturated heterocycles. The molecule has 0 aliphatic carbocycles. The van der Waals surface area contributed by atoms with Crippen molar-refractivity contribution in [2.75, 3.05) is 12.3 Å². The van der Waals surface area contributed by atoms with Crippen molar-refractivity contribution < 1.29 is 19.0 Å². The van der Waals surface area contributed by atoms with Crippen LogP contribution in [0.2, 0.25) is 0 Å². The summed E-state index contributed by atoms with van der Waals surface area (Å²) in [6, 6.07) is 0. The van der Waals surface area contributed by atoms with E-state index < -0.39 is 12.8 Å². The smallest absolute Gasteiger partial charge is 0.322 e. The quantitative estimate of drug-likeness (QED) is 0.680. The largest absolute Gasteiger partial charge is 0.382 e. The standard InChI is InChI=1S/C10H14N5O4PS/c11-9-8-10(13-4-12-9)15(5-14-8)7-2-1-6(3-18-7)19-20(16,17)21/h4-7H,1-3H2,(H2,11,12,13)(H2,16,17,21)/t6?,7-/m1/s1. The van der Waals surface area contributed by atoms with E-state index in [1.165, 1.54) is 6.33 Å². The van der Waals surface area contributed by atoms with E-state index in [9.17, 15) is 0 Å². The topological polar surface area (TPSA) is 129 Å². The molecule has 2 aromatic rings. The van der Waals surface area contributed by atoms with Crippen molar-refractivity contribution in [2.24, 2.45) is 0 Å². The molecule has 114 valence electrons. The fourth-order valence-electron chi connectivity index (χ4n) is 2.29. The third-order valence-corrected chi connectivity index (χ3v) is 4.02. The lowest BCUT2D eigenvalue weighted by Gasteiger charge is -2.30. The number of imidazole rings is 1. The monoisotopic (exact) mass is 331 g/mol. The van der Waals surface area contributed by atoms with Gasteiger partial charge in [0.2, 0.25) is 0 Å². The number of nitrogen functional groups attached to an aromatic ring is 1. The van der Waals surface area contributed by atoms with Gasteiger partial charge in [-0.25, -0.2) is 15.0 Å². The van der Waals surface area contributed by atoms with E-state index in [0.717, 1.165) is 0 Å². The number of ether oxygens (including phenoxy) is 1. The van der Waals surface area contributed by atoms with Crippen LogP contribution >= 0.6 is 6.72 Å². The number of anilines is 1. The minimum Gasteiger partial charge on any atom is -0.382 e. The molecule has 3 rings (SSSR count). The van der Waals surface area contributed by atoms with Crippen LogP contribution in [-0.2, 0) is 21.1 Å². The predicted octanol–water partition coefficient (Wildman–Crippen LogP) is 0.312. The van der Waals surface area contributed by atoms with Gasteiger partial charge in [-0.3, -0.25) is 4.57 Å². The first-order valence-electron chi connectivity index (χ1n) is 6.22. The molecule has 1 aliphatic rings. The highest BCUT2D eigenvalue weighted by Crippen LogP contribution is 2.41. The summed E-state index contributed by atoms with van der Waals surface area (Å²) >= 11 is 4.45. The van der Waals surface area contributed by atoms with Crippen molar-refractivity contribution in [3.63, 3.8) is 0 Å². The van der Waals surface area contributed by atoms with E-state index in [0.29, 0.717) is 29.8 Å². The van der Waals surface area contributed by atoms with Crippen molar-refractivity contribution in [3.8, 4) is 0 Å². The minimum atomic E-state index is -3.66. The summed E-state index contributed by atoms with van der Waals surface area (Å²) in [5, 5.41) is 0. The van der Waals surface area contributed by atoms with Crippen LogP contribution in [0.4, 0.5) is 5.82 Å². The highest BCUT2D eigenvalue weighted by atomic mass is 32.5. The molecule has 21 heavy (non-hydrogen) atoms. The third kappa shape index (κ3) is 3.20. The van der Waals surface area contributed by atoms with E-state index in [2.05, 4.69) is 26.8 Å². The van der Waals surface area contributed by atoms with E-state index in [1.54, 1.807) is 10.9 Å². The highest BCUT2D eigenvalue weighted by molar-refractivity contribution is 8.06. The fraction of sp³-hybridized carbons (Fsp3) is 0.500. The fourth-order valence-corrected chi connectivity index (χ4v) is 3.21. The molecule has 3 heterocycles. The molecule has 1 aliphatic heterocycles. The van der Waals surface area contributed by atoms with Gasteiger partial charge in [0.25, 0.3) is 0 Å². The molecule has 1 unspecified atom stereocenters. The molecular weight excluding hydrogens is 317 g/mol. The molecule has 0 bridgehead atoms. The van der Waals surface area contributed by atoms with Crippen molar-refractivity contribution in [2.45, 2.75) is 25.2 Å². The number of aromatic nitrogens is 4. The molecular formula is C10H14N5O4PS. The van der Waals surface area contributed by atoms with Gasteiger partial charge in [0.15, 0.2) is 11.5 Å². The van der Waals surface area contributed by atoms with Crippen molar-refractivity contribution >= 4 is 35.5 Å². The Labute approximate surface area is 125 Å². The molecule has 9 nitrogen and oxygen atoms in total. The lowest BCUT2D eigenvalue weighted by molar-refractivity contribution is -0.0816. The number of fused-ring (bicyclic) bond motifs is 1. The first-order chi connectivity index (χ1) is 9.94. The molecule has 0 saturated carbocycles. The number of hydrogen-bond acceptors (Lipinski definition) is 7. The van der Waals surface area contributed by atoms with Crippen LogP contribution in [0, 0.1) is 0 Å². The first kappa shape index (κ1) is 14.8. The van der Waals surface area contributed by atoms with Crippen molar-refractivity contribution in [1.29, 1.82) is 0 Å². The molecule has 1 fully saturated rings. The number of hydrogen-bond donors (Lipinski definition) is 3. The summed E-state index contributed by atoms with van der Waals surface area (Å²) in [4.78, 5) is 30.5. The highest BCUT2D eigenvalue weighted by Gasteiger charge is 2.28.